The number of piperazine rings is 1. The molecular weight excluding hydrogens is 246 g/mol. The lowest BCUT2D eigenvalue weighted by Gasteiger charge is -2.38. The Balaban J connectivity index is 1.80. The first kappa shape index (κ1) is 12.4. The molecule has 3 saturated heterocycles. The number of rotatable bonds is 1. The number of nitrogens with zero attached hydrogens (tertiary/aromatic N) is 2. The number of amides is 3. The molecule has 0 aliphatic carbocycles. The first-order chi connectivity index (χ1) is 8.97. The second-order valence-electron chi connectivity index (χ2n) is 5.99. The molecule has 3 fully saturated rings. The predicted octanol–water partition coefficient (Wildman–Crippen LogP) is -0.657. The highest BCUT2D eigenvalue weighted by Crippen LogP contribution is 2.34. The fraction of sp³-hybridized carbons (Fsp3) is 0.769. The molecule has 0 saturated carbocycles. The summed E-state index contributed by atoms with van der Waals surface area (Å²) in [5.41, 5.74) is 0. The van der Waals surface area contributed by atoms with Crippen molar-refractivity contribution in [3.63, 3.8) is 0 Å². The van der Waals surface area contributed by atoms with Gasteiger partial charge in [-0.1, -0.05) is 6.92 Å². The Labute approximate surface area is 112 Å². The second-order valence-corrected chi connectivity index (χ2v) is 5.99. The van der Waals surface area contributed by atoms with E-state index < -0.39 is 0 Å². The third kappa shape index (κ3) is 1.89. The molecule has 6 heteroatoms. The van der Waals surface area contributed by atoms with Crippen LogP contribution >= 0.6 is 0 Å². The van der Waals surface area contributed by atoms with E-state index in [4.69, 9.17) is 0 Å². The highest BCUT2D eigenvalue weighted by molar-refractivity contribution is 5.98. The largest absolute Gasteiger partial charge is 0.352 e. The van der Waals surface area contributed by atoms with Gasteiger partial charge in [-0.05, 0) is 18.8 Å². The standard InChI is InChI=1S/C13H19N3O3/c1-7-3-10-12(18)16-6-9(14-8(2)17)4-11(16)13(19)15(10)5-7/h7,9-11H,3-6H2,1-2H3,(H,14,17). The molecule has 1 N–H and O–H groups in total. The first-order valence-corrected chi connectivity index (χ1v) is 6.85. The molecule has 19 heavy (non-hydrogen) atoms. The Kier molecular flexibility index (Phi) is 2.76. The van der Waals surface area contributed by atoms with Crippen LogP contribution < -0.4 is 5.32 Å². The molecule has 4 unspecified atom stereocenters. The van der Waals surface area contributed by atoms with Gasteiger partial charge in [0.05, 0.1) is 0 Å². The van der Waals surface area contributed by atoms with E-state index in [-0.39, 0.29) is 35.8 Å². The van der Waals surface area contributed by atoms with Gasteiger partial charge in [0.2, 0.25) is 17.7 Å². The Morgan fingerprint density at radius 2 is 1.68 bits per heavy atom. The monoisotopic (exact) mass is 265 g/mol. The molecule has 0 bridgehead atoms. The van der Waals surface area contributed by atoms with Crippen LogP contribution in [0.15, 0.2) is 0 Å². The third-order valence-corrected chi connectivity index (χ3v) is 4.35. The molecule has 0 radical (unpaired) electrons. The minimum atomic E-state index is -0.370. The van der Waals surface area contributed by atoms with Crippen molar-refractivity contribution < 1.29 is 14.4 Å². The van der Waals surface area contributed by atoms with Gasteiger partial charge < -0.3 is 15.1 Å². The summed E-state index contributed by atoms with van der Waals surface area (Å²) in [6, 6.07) is -0.728. The van der Waals surface area contributed by atoms with Crippen LogP contribution in [0.1, 0.15) is 26.7 Å². The van der Waals surface area contributed by atoms with E-state index in [0.29, 0.717) is 25.4 Å². The maximum Gasteiger partial charge on any atom is 0.246 e. The van der Waals surface area contributed by atoms with Gasteiger partial charge >= 0.3 is 0 Å². The van der Waals surface area contributed by atoms with Crippen LogP contribution in [0, 0.1) is 5.92 Å². The molecule has 3 aliphatic heterocycles. The number of nitrogens with one attached hydrogen (secondary N) is 1. The summed E-state index contributed by atoms with van der Waals surface area (Å²) in [5.74, 6) is 0.395. The van der Waals surface area contributed by atoms with Crippen LogP contribution in [0.2, 0.25) is 0 Å². The summed E-state index contributed by atoms with van der Waals surface area (Å²) in [6.45, 7) is 4.68. The van der Waals surface area contributed by atoms with Gasteiger partial charge in [0.15, 0.2) is 0 Å². The van der Waals surface area contributed by atoms with Crippen molar-refractivity contribution >= 4 is 17.7 Å². The summed E-state index contributed by atoms with van der Waals surface area (Å²) in [4.78, 5) is 39.4. The molecule has 0 aromatic carbocycles. The van der Waals surface area contributed by atoms with Crippen molar-refractivity contribution in [3.05, 3.63) is 0 Å². The normalized spacial score (nSPS) is 37.4. The highest BCUT2D eigenvalue weighted by Gasteiger charge is 2.52. The zero-order chi connectivity index (χ0) is 13.7. The van der Waals surface area contributed by atoms with E-state index in [2.05, 4.69) is 12.2 Å². The van der Waals surface area contributed by atoms with E-state index in [0.717, 1.165) is 6.42 Å². The average Bonchev–Trinajstić information content (AvgIpc) is 2.89. The number of carbonyl (C=O) groups is 3. The molecule has 3 rings (SSSR count). The lowest BCUT2D eigenvalue weighted by molar-refractivity contribution is -0.156. The van der Waals surface area contributed by atoms with Gasteiger partial charge in [0.25, 0.3) is 0 Å². The van der Waals surface area contributed by atoms with Crippen molar-refractivity contribution in [1.29, 1.82) is 0 Å². The van der Waals surface area contributed by atoms with Gasteiger partial charge in [-0.15, -0.1) is 0 Å². The molecule has 104 valence electrons. The summed E-state index contributed by atoms with van der Waals surface area (Å²) >= 11 is 0. The Morgan fingerprint density at radius 3 is 2.32 bits per heavy atom. The number of carbonyl (C=O) groups excluding carboxylic acids is 3. The van der Waals surface area contributed by atoms with E-state index in [1.54, 1.807) is 9.80 Å². The maximum atomic E-state index is 12.4. The average molecular weight is 265 g/mol. The molecule has 3 amide bonds. The second kappa shape index (κ2) is 4.21. The summed E-state index contributed by atoms with van der Waals surface area (Å²) < 4.78 is 0. The first-order valence-electron chi connectivity index (χ1n) is 6.85. The van der Waals surface area contributed by atoms with Crippen LogP contribution in [-0.4, -0.2) is 58.7 Å². The quantitative estimate of drug-likeness (QED) is 0.684. The van der Waals surface area contributed by atoms with E-state index in [9.17, 15) is 14.4 Å². The molecule has 0 spiro atoms. The van der Waals surface area contributed by atoms with Crippen LogP contribution in [-0.2, 0) is 14.4 Å². The van der Waals surface area contributed by atoms with E-state index in [1.807, 2.05) is 0 Å². The molecule has 0 aromatic rings. The number of hydrogen-bond donors (Lipinski definition) is 1. The zero-order valence-corrected chi connectivity index (χ0v) is 11.3. The minimum Gasteiger partial charge on any atom is -0.352 e. The third-order valence-electron chi connectivity index (χ3n) is 4.35. The smallest absolute Gasteiger partial charge is 0.246 e. The van der Waals surface area contributed by atoms with Crippen molar-refractivity contribution in [2.75, 3.05) is 13.1 Å². The molecular formula is C13H19N3O3. The molecule has 4 atom stereocenters. The fourth-order valence-corrected chi connectivity index (χ4v) is 3.61. The van der Waals surface area contributed by atoms with E-state index >= 15 is 0 Å². The fourth-order valence-electron chi connectivity index (χ4n) is 3.61. The summed E-state index contributed by atoms with van der Waals surface area (Å²) in [5, 5.41) is 2.81. The van der Waals surface area contributed by atoms with Crippen LogP contribution in [0.25, 0.3) is 0 Å². The van der Waals surface area contributed by atoms with Crippen molar-refractivity contribution in [3.8, 4) is 0 Å². The Hall–Kier alpha value is -1.59. The van der Waals surface area contributed by atoms with Crippen molar-refractivity contribution in [2.45, 2.75) is 44.8 Å². The van der Waals surface area contributed by atoms with Crippen LogP contribution in [0.4, 0.5) is 0 Å². The topological polar surface area (TPSA) is 69.7 Å². The molecule has 3 heterocycles. The summed E-state index contributed by atoms with van der Waals surface area (Å²) in [6.07, 6.45) is 1.31. The molecule has 0 aromatic heterocycles. The van der Waals surface area contributed by atoms with Crippen LogP contribution in [0.3, 0.4) is 0 Å². The summed E-state index contributed by atoms with van der Waals surface area (Å²) in [7, 11) is 0. The van der Waals surface area contributed by atoms with Crippen molar-refractivity contribution in [2.24, 2.45) is 5.92 Å². The number of hydrogen-bond acceptors (Lipinski definition) is 3. The minimum absolute atomic E-state index is 0.0572. The van der Waals surface area contributed by atoms with Crippen LogP contribution in [0.5, 0.6) is 0 Å². The van der Waals surface area contributed by atoms with Gasteiger partial charge in [0.1, 0.15) is 12.1 Å². The van der Waals surface area contributed by atoms with Gasteiger partial charge in [-0.25, -0.2) is 0 Å². The van der Waals surface area contributed by atoms with E-state index in [1.165, 1.54) is 6.92 Å². The van der Waals surface area contributed by atoms with Crippen molar-refractivity contribution in [1.82, 2.24) is 15.1 Å². The Bertz CT molecular complexity index is 418. The van der Waals surface area contributed by atoms with Gasteiger partial charge in [0, 0.05) is 26.1 Å². The lowest BCUT2D eigenvalue weighted by Crippen LogP contribution is -2.60. The highest BCUT2D eigenvalue weighted by atomic mass is 16.2. The van der Waals surface area contributed by atoms with Gasteiger partial charge in [-0.2, -0.15) is 0 Å². The number of fused-ring (bicyclic) bond motifs is 2. The Morgan fingerprint density at radius 1 is 1.11 bits per heavy atom. The zero-order valence-electron chi connectivity index (χ0n) is 11.3. The van der Waals surface area contributed by atoms with Gasteiger partial charge in [-0.3, -0.25) is 14.4 Å². The molecule has 3 aliphatic rings. The predicted molar refractivity (Wildman–Crippen MR) is 67.0 cm³/mol. The lowest BCUT2D eigenvalue weighted by atomic mass is 10.0. The SMILES string of the molecule is CC(=O)NC1CC2C(=O)N3CC(C)CC3C(=O)N2C1. The maximum absolute atomic E-state index is 12.4. The molecule has 6 nitrogen and oxygen atoms in total.